The zero-order valence-electron chi connectivity index (χ0n) is 10.5. The fraction of sp³-hybridized carbons (Fsp3) is 0.500. The van der Waals surface area contributed by atoms with Crippen molar-refractivity contribution >= 4 is 23.4 Å². The van der Waals surface area contributed by atoms with Crippen molar-refractivity contribution in [1.82, 2.24) is 4.98 Å². The van der Waals surface area contributed by atoms with Gasteiger partial charge in [-0.25, -0.2) is 9.78 Å². The van der Waals surface area contributed by atoms with Crippen LogP contribution in [0.25, 0.3) is 0 Å². The van der Waals surface area contributed by atoms with E-state index in [1.807, 2.05) is 11.9 Å². The first-order chi connectivity index (χ1) is 7.70. The lowest BCUT2D eigenvalue weighted by Crippen LogP contribution is -2.29. The van der Waals surface area contributed by atoms with Crippen LogP contribution in [0.4, 0.5) is 5.82 Å². The molecule has 0 saturated carbocycles. The SMILES string of the molecule is CN(CC(C)(C)C)c1cc(C(=O)O)c(Cl)cn1. The van der Waals surface area contributed by atoms with E-state index < -0.39 is 5.97 Å². The number of carboxylic acids is 1. The Morgan fingerprint density at radius 3 is 2.59 bits per heavy atom. The first-order valence-electron chi connectivity index (χ1n) is 5.31. The second-order valence-electron chi connectivity index (χ2n) is 5.24. The third-order valence-corrected chi connectivity index (χ3v) is 2.48. The zero-order chi connectivity index (χ0) is 13.2. The molecule has 0 amide bonds. The molecule has 1 aromatic rings. The Morgan fingerprint density at radius 1 is 1.53 bits per heavy atom. The molecular weight excluding hydrogens is 240 g/mol. The van der Waals surface area contributed by atoms with Crippen LogP contribution < -0.4 is 4.90 Å². The van der Waals surface area contributed by atoms with Crippen molar-refractivity contribution in [2.75, 3.05) is 18.5 Å². The Labute approximate surface area is 106 Å². The van der Waals surface area contributed by atoms with E-state index >= 15 is 0 Å². The minimum atomic E-state index is -1.04. The number of nitrogens with zero attached hydrogens (tertiary/aromatic N) is 2. The van der Waals surface area contributed by atoms with Crippen LogP contribution in [0.2, 0.25) is 5.02 Å². The van der Waals surface area contributed by atoms with Gasteiger partial charge in [0.1, 0.15) is 5.82 Å². The molecule has 0 unspecified atom stereocenters. The average Bonchev–Trinajstić information content (AvgIpc) is 2.14. The number of rotatable bonds is 3. The molecule has 1 aromatic heterocycles. The van der Waals surface area contributed by atoms with Crippen molar-refractivity contribution in [3.05, 3.63) is 22.8 Å². The lowest BCUT2D eigenvalue weighted by molar-refractivity contribution is 0.0697. The van der Waals surface area contributed by atoms with Crippen LogP contribution in [0, 0.1) is 5.41 Å². The lowest BCUT2D eigenvalue weighted by atomic mass is 9.96. The minimum Gasteiger partial charge on any atom is -0.478 e. The van der Waals surface area contributed by atoms with E-state index in [-0.39, 0.29) is 16.0 Å². The topological polar surface area (TPSA) is 53.4 Å². The summed E-state index contributed by atoms with van der Waals surface area (Å²) in [6.45, 7) is 7.10. The molecule has 0 atom stereocenters. The van der Waals surface area contributed by atoms with Crippen LogP contribution in [0.15, 0.2) is 12.3 Å². The van der Waals surface area contributed by atoms with E-state index in [2.05, 4.69) is 25.8 Å². The van der Waals surface area contributed by atoms with Gasteiger partial charge in [-0.05, 0) is 11.5 Å². The minimum absolute atomic E-state index is 0.0809. The van der Waals surface area contributed by atoms with E-state index in [0.29, 0.717) is 5.82 Å². The highest BCUT2D eigenvalue weighted by Gasteiger charge is 2.17. The van der Waals surface area contributed by atoms with Crippen molar-refractivity contribution in [2.45, 2.75) is 20.8 Å². The Kier molecular flexibility index (Phi) is 3.98. The molecule has 0 spiro atoms. The van der Waals surface area contributed by atoms with Crippen molar-refractivity contribution in [3.8, 4) is 0 Å². The van der Waals surface area contributed by atoms with E-state index in [9.17, 15) is 4.79 Å². The van der Waals surface area contributed by atoms with Crippen LogP contribution in [-0.2, 0) is 0 Å². The number of hydrogen-bond donors (Lipinski definition) is 1. The summed E-state index contributed by atoms with van der Waals surface area (Å²) in [7, 11) is 1.88. The van der Waals surface area contributed by atoms with Crippen molar-refractivity contribution in [3.63, 3.8) is 0 Å². The quantitative estimate of drug-likeness (QED) is 0.904. The smallest absolute Gasteiger partial charge is 0.337 e. The summed E-state index contributed by atoms with van der Waals surface area (Å²) in [5.74, 6) is -0.426. The number of carboxylic acid groups (broad SMARTS) is 1. The molecular formula is C12H17ClN2O2. The second kappa shape index (κ2) is 4.92. The average molecular weight is 257 g/mol. The molecule has 1 N–H and O–H groups in total. The highest BCUT2D eigenvalue weighted by Crippen LogP contribution is 2.22. The first-order valence-corrected chi connectivity index (χ1v) is 5.68. The lowest BCUT2D eigenvalue weighted by Gasteiger charge is -2.27. The van der Waals surface area contributed by atoms with Gasteiger partial charge >= 0.3 is 5.97 Å². The van der Waals surface area contributed by atoms with E-state index in [0.717, 1.165) is 6.54 Å². The maximum absolute atomic E-state index is 11.0. The van der Waals surface area contributed by atoms with Gasteiger partial charge in [0.15, 0.2) is 0 Å². The van der Waals surface area contributed by atoms with Gasteiger partial charge in [0.25, 0.3) is 0 Å². The second-order valence-corrected chi connectivity index (χ2v) is 5.65. The Morgan fingerprint density at radius 2 is 2.12 bits per heavy atom. The fourth-order valence-corrected chi connectivity index (χ4v) is 1.78. The normalized spacial score (nSPS) is 11.4. The molecule has 94 valence electrons. The van der Waals surface area contributed by atoms with Gasteiger partial charge in [-0.2, -0.15) is 0 Å². The van der Waals surface area contributed by atoms with Crippen LogP contribution in [0.5, 0.6) is 0 Å². The van der Waals surface area contributed by atoms with Gasteiger partial charge < -0.3 is 10.0 Å². The number of anilines is 1. The number of pyridine rings is 1. The molecule has 0 aliphatic carbocycles. The van der Waals surface area contributed by atoms with Crippen molar-refractivity contribution in [2.24, 2.45) is 5.41 Å². The molecule has 17 heavy (non-hydrogen) atoms. The predicted molar refractivity (Wildman–Crippen MR) is 68.9 cm³/mol. The van der Waals surface area contributed by atoms with E-state index in [4.69, 9.17) is 16.7 Å². The van der Waals surface area contributed by atoms with Crippen LogP contribution in [0.3, 0.4) is 0 Å². The number of hydrogen-bond acceptors (Lipinski definition) is 3. The number of aromatic carboxylic acids is 1. The van der Waals surface area contributed by atoms with Gasteiger partial charge in [-0.15, -0.1) is 0 Å². The summed E-state index contributed by atoms with van der Waals surface area (Å²) in [6, 6.07) is 1.50. The van der Waals surface area contributed by atoms with Gasteiger partial charge in [-0.1, -0.05) is 32.4 Å². The molecule has 0 aromatic carbocycles. The third-order valence-electron chi connectivity index (χ3n) is 2.17. The maximum atomic E-state index is 11.0. The van der Waals surface area contributed by atoms with Crippen LogP contribution >= 0.6 is 11.6 Å². The maximum Gasteiger partial charge on any atom is 0.337 e. The van der Waals surface area contributed by atoms with Gasteiger partial charge in [-0.3, -0.25) is 0 Å². The number of halogens is 1. The predicted octanol–water partition coefficient (Wildman–Crippen LogP) is 2.92. The summed E-state index contributed by atoms with van der Waals surface area (Å²) >= 11 is 5.77. The van der Waals surface area contributed by atoms with Crippen molar-refractivity contribution in [1.29, 1.82) is 0 Å². The highest BCUT2D eigenvalue weighted by molar-refractivity contribution is 6.33. The van der Waals surface area contributed by atoms with E-state index in [1.165, 1.54) is 12.3 Å². The van der Waals surface area contributed by atoms with Crippen LogP contribution in [0.1, 0.15) is 31.1 Å². The molecule has 0 bridgehead atoms. The standard InChI is InChI=1S/C12H17ClN2O2/c1-12(2,3)7-15(4)10-5-8(11(16)17)9(13)6-14-10/h5-6H,7H2,1-4H3,(H,16,17). The zero-order valence-corrected chi connectivity index (χ0v) is 11.2. The third kappa shape index (κ3) is 3.89. The summed E-state index contributed by atoms with van der Waals surface area (Å²) in [4.78, 5) is 17.0. The Hall–Kier alpha value is -1.29. The molecule has 1 heterocycles. The molecule has 0 aliphatic heterocycles. The fourth-order valence-electron chi connectivity index (χ4n) is 1.59. The summed E-state index contributed by atoms with van der Waals surface area (Å²) in [5.41, 5.74) is 0.192. The molecule has 4 nitrogen and oxygen atoms in total. The summed E-state index contributed by atoms with van der Waals surface area (Å²) in [5, 5.41) is 9.13. The van der Waals surface area contributed by atoms with Crippen LogP contribution in [-0.4, -0.2) is 29.7 Å². The summed E-state index contributed by atoms with van der Waals surface area (Å²) < 4.78 is 0. The molecule has 1 rings (SSSR count). The highest BCUT2D eigenvalue weighted by atomic mass is 35.5. The Bertz CT molecular complexity index is 427. The monoisotopic (exact) mass is 256 g/mol. The van der Waals surface area contributed by atoms with Gasteiger partial charge in [0.05, 0.1) is 10.6 Å². The molecule has 0 saturated heterocycles. The van der Waals surface area contributed by atoms with E-state index in [1.54, 1.807) is 0 Å². The first kappa shape index (κ1) is 13.8. The summed E-state index contributed by atoms with van der Waals surface area (Å²) in [6.07, 6.45) is 1.37. The molecule has 0 fully saturated rings. The molecule has 5 heteroatoms. The van der Waals surface area contributed by atoms with Gasteiger partial charge in [0, 0.05) is 19.8 Å². The number of carbonyl (C=O) groups is 1. The Balaban J connectivity index is 3.00. The largest absolute Gasteiger partial charge is 0.478 e. The number of aromatic nitrogens is 1. The molecule has 0 radical (unpaired) electrons. The van der Waals surface area contributed by atoms with Gasteiger partial charge in [0.2, 0.25) is 0 Å². The molecule has 0 aliphatic rings. The van der Waals surface area contributed by atoms with Crippen molar-refractivity contribution < 1.29 is 9.90 Å².